The number of hydrogen-bond donors (Lipinski definition) is 0. The monoisotopic (exact) mass is 641 g/mol. The standard InChI is InChI=1S/C47H35N3/c1-32-38(26-16-27-39(32)46-49-44(33-17-6-2-7-18-33)48-45(50-46)34-19-8-3-9-20-34)35-29-30-41-40-25-14-15-28-42(40)47(43(41)31-35,36-21-10-4-11-22-36)37-23-12-5-13-24-37/h2-32,38H,1H3. The van der Waals surface area contributed by atoms with Gasteiger partial charge in [0.25, 0.3) is 0 Å². The van der Waals surface area contributed by atoms with E-state index in [4.69, 9.17) is 15.0 Å². The van der Waals surface area contributed by atoms with Gasteiger partial charge in [0.2, 0.25) is 0 Å². The molecule has 0 saturated carbocycles. The fraction of sp³-hybridized carbons (Fsp3) is 0.0851. The van der Waals surface area contributed by atoms with E-state index in [9.17, 15) is 0 Å². The van der Waals surface area contributed by atoms with Crippen LogP contribution in [-0.4, -0.2) is 15.0 Å². The summed E-state index contributed by atoms with van der Waals surface area (Å²) in [6.45, 7) is 2.30. The Morgan fingerprint density at radius 3 is 1.58 bits per heavy atom. The van der Waals surface area contributed by atoms with Crippen LogP contribution >= 0.6 is 0 Å². The fourth-order valence-electron chi connectivity index (χ4n) is 8.08. The third-order valence-corrected chi connectivity index (χ3v) is 10.4. The fourth-order valence-corrected chi connectivity index (χ4v) is 8.08. The third kappa shape index (κ3) is 4.85. The molecule has 0 N–H and O–H groups in total. The maximum absolute atomic E-state index is 5.09. The molecule has 2 aliphatic carbocycles. The molecule has 0 radical (unpaired) electrons. The van der Waals surface area contributed by atoms with Gasteiger partial charge in [-0.25, -0.2) is 15.0 Å². The van der Waals surface area contributed by atoms with Crippen molar-refractivity contribution in [1.29, 1.82) is 0 Å². The van der Waals surface area contributed by atoms with Crippen molar-refractivity contribution in [3.05, 3.63) is 216 Å². The Kier molecular flexibility index (Phi) is 7.39. The van der Waals surface area contributed by atoms with Crippen molar-refractivity contribution in [2.75, 3.05) is 0 Å². The van der Waals surface area contributed by atoms with Crippen LogP contribution in [0.4, 0.5) is 0 Å². The highest BCUT2D eigenvalue weighted by Crippen LogP contribution is 2.57. The van der Waals surface area contributed by atoms with Gasteiger partial charge in [-0.2, -0.15) is 0 Å². The van der Waals surface area contributed by atoms with Gasteiger partial charge >= 0.3 is 0 Å². The first kappa shape index (κ1) is 29.9. The van der Waals surface area contributed by atoms with Crippen LogP contribution in [0.2, 0.25) is 0 Å². The van der Waals surface area contributed by atoms with E-state index >= 15 is 0 Å². The summed E-state index contributed by atoms with van der Waals surface area (Å²) in [5.41, 5.74) is 11.7. The molecule has 50 heavy (non-hydrogen) atoms. The van der Waals surface area contributed by atoms with Crippen LogP contribution in [0.15, 0.2) is 182 Å². The quantitative estimate of drug-likeness (QED) is 0.181. The highest BCUT2D eigenvalue weighted by Gasteiger charge is 2.46. The number of aromatic nitrogens is 3. The summed E-state index contributed by atoms with van der Waals surface area (Å²) in [6, 6.07) is 58.5. The molecule has 7 aromatic rings. The average molecular weight is 642 g/mol. The molecular weight excluding hydrogens is 607 g/mol. The van der Waals surface area contributed by atoms with Gasteiger partial charge in [0.1, 0.15) is 0 Å². The summed E-state index contributed by atoms with van der Waals surface area (Å²) in [4.78, 5) is 15.1. The lowest BCUT2D eigenvalue weighted by Gasteiger charge is -2.34. The van der Waals surface area contributed by atoms with Crippen LogP contribution in [0, 0.1) is 5.92 Å². The van der Waals surface area contributed by atoms with E-state index in [0.717, 1.165) is 22.5 Å². The highest BCUT2D eigenvalue weighted by molar-refractivity contribution is 5.86. The van der Waals surface area contributed by atoms with Gasteiger partial charge < -0.3 is 0 Å². The zero-order valence-electron chi connectivity index (χ0n) is 27.8. The van der Waals surface area contributed by atoms with Crippen molar-refractivity contribution in [1.82, 2.24) is 15.0 Å². The summed E-state index contributed by atoms with van der Waals surface area (Å²) in [5, 5.41) is 0. The summed E-state index contributed by atoms with van der Waals surface area (Å²) in [7, 11) is 0. The lowest BCUT2D eigenvalue weighted by molar-refractivity contribution is 0.645. The summed E-state index contributed by atoms with van der Waals surface area (Å²) in [6.07, 6.45) is 6.70. The second kappa shape index (κ2) is 12.4. The van der Waals surface area contributed by atoms with E-state index in [1.807, 2.05) is 36.4 Å². The molecule has 0 fully saturated rings. The predicted molar refractivity (Wildman–Crippen MR) is 203 cm³/mol. The first-order chi connectivity index (χ1) is 24.7. The number of allylic oxidation sites excluding steroid dienone is 4. The zero-order valence-corrected chi connectivity index (χ0v) is 27.8. The molecule has 1 heterocycles. The molecule has 2 atom stereocenters. The number of fused-ring (bicyclic) bond motifs is 3. The van der Waals surface area contributed by atoms with Gasteiger partial charge in [-0.15, -0.1) is 0 Å². The number of hydrogen-bond acceptors (Lipinski definition) is 3. The van der Waals surface area contributed by atoms with Gasteiger partial charge in [-0.3, -0.25) is 0 Å². The minimum atomic E-state index is -0.436. The second-order valence-electron chi connectivity index (χ2n) is 13.2. The maximum atomic E-state index is 5.09. The maximum Gasteiger partial charge on any atom is 0.164 e. The second-order valence-corrected chi connectivity index (χ2v) is 13.2. The van der Waals surface area contributed by atoms with E-state index in [1.165, 1.54) is 38.9 Å². The van der Waals surface area contributed by atoms with Gasteiger partial charge in [0.15, 0.2) is 17.5 Å². The molecule has 0 spiro atoms. The Morgan fingerprint density at radius 2 is 0.980 bits per heavy atom. The zero-order chi connectivity index (χ0) is 33.5. The van der Waals surface area contributed by atoms with E-state index in [2.05, 4.69) is 153 Å². The third-order valence-electron chi connectivity index (χ3n) is 10.4. The largest absolute Gasteiger partial charge is 0.209 e. The lowest BCUT2D eigenvalue weighted by Crippen LogP contribution is -2.28. The predicted octanol–water partition coefficient (Wildman–Crippen LogP) is 10.9. The molecule has 0 aliphatic heterocycles. The molecular formula is C47H35N3. The van der Waals surface area contributed by atoms with Crippen LogP contribution in [0.25, 0.3) is 39.5 Å². The minimum absolute atomic E-state index is 0.124. The van der Waals surface area contributed by atoms with Crippen molar-refractivity contribution in [2.45, 2.75) is 18.3 Å². The van der Waals surface area contributed by atoms with E-state index in [0.29, 0.717) is 11.6 Å². The van der Waals surface area contributed by atoms with Crippen LogP contribution in [0.3, 0.4) is 0 Å². The normalized spacial score (nSPS) is 17.1. The summed E-state index contributed by atoms with van der Waals surface area (Å²) < 4.78 is 0. The molecule has 3 nitrogen and oxygen atoms in total. The number of benzene rings is 6. The molecule has 0 saturated heterocycles. The van der Waals surface area contributed by atoms with Gasteiger partial charge in [0.05, 0.1) is 5.41 Å². The molecule has 6 aromatic carbocycles. The first-order valence-electron chi connectivity index (χ1n) is 17.3. The van der Waals surface area contributed by atoms with Gasteiger partial charge in [-0.05, 0) is 44.9 Å². The van der Waals surface area contributed by atoms with Gasteiger partial charge in [-0.1, -0.05) is 189 Å². The molecule has 2 unspecified atom stereocenters. The lowest BCUT2D eigenvalue weighted by atomic mass is 9.67. The summed E-state index contributed by atoms with van der Waals surface area (Å²) >= 11 is 0. The topological polar surface area (TPSA) is 38.7 Å². The Labute approximate surface area is 293 Å². The van der Waals surface area contributed by atoms with Crippen molar-refractivity contribution in [3.8, 4) is 33.9 Å². The van der Waals surface area contributed by atoms with Crippen LogP contribution in [0.1, 0.15) is 46.5 Å². The van der Waals surface area contributed by atoms with Crippen molar-refractivity contribution in [3.63, 3.8) is 0 Å². The highest BCUT2D eigenvalue weighted by atomic mass is 15.0. The minimum Gasteiger partial charge on any atom is -0.209 e. The van der Waals surface area contributed by atoms with E-state index in [1.54, 1.807) is 0 Å². The number of nitrogens with zero attached hydrogens (tertiary/aromatic N) is 3. The van der Waals surface area contributed by atoms with Crippen molar-refractivity contribution in [2.24, 2.45) is 5.92 Å². The molecule has 1 aromatic heterocycles. The summed E-state index contributed by atoms with van der Waals surface area (Å²) in [5.74, 6) is 2.33. The van der Waals surface area contributed by atoms with Crippen molar-refractivity contribution >= 4 is 5.57 Å². The van der Waals surface area contributed by atoms with Crippen molar-refractivity contribution < 1.29 is 0 Å². The Hall–Kier alpha value is -6.19. The Balaban J connectivity index is 1.18. The molecule has 2 aliphatic rings. The SMILES string of the molecule is CC1C(c2nc(-c3ccccc3)nc(-c3ccccc3)n2)=CC=CC1c1ccc2c(c1)C(c1ccccc1)(c1ccccc1)c1ccccc1-2. The van der Waals surface area contributed by atoms with E-state index in [-0.39, 0.29) is 11.8 Å². The van der Waals surface area contributed by atoms with Crippen LogP contribution in [0.5, 0.6) is 0 Å². The van der Waals surface area contributed by atoms with E-state index < -0.39 is 5.41 Å². The molecule has 3 heteroatoms. The molecule has 238 valence electrons. The first-order valence-corrected chi connectivity index (χ1v) is 17.3. The molecule has 0 bridgehead atoms. The molecule has 0 amide bonds. The Morgan fingerprint density at radius 1 is 0.480 bits per heavy atom. The number of rotatable bonds is 6. The van der Waals surface area contributed by atoms with Gasteiger partial charge in [0, 0.05) is 22.6 Å². The molecule has 9 rings (SSSR count). The Bertz CT molecular complexity index is 2280. The van der Waals surface area contributed by atoms with Crippen LogP contribution in [-0.2, 0) is 5.41 Å². The smallest absolute Gasteiger partial charge is 0.164 e. The van der Waals surface area contributed by atoms with Crippen LogP contribution < -0.4 is 0 Å². The average Bonchev–Trinajstić information content (AvgIpc) is 3.49.